The number of hydrogen-bond donors (Lipinski definition) is 1. The Hall–Kier alpha value is -3.94. The summed E-state index contributed by atoms with van der Waals surface area (Å²) in [6, 6.07) is 20.3. The van der Waals surface area contributed by atoms with Crippen LogP contribution in [0.3, 0.4) is 0 Å². The fraction of sp³-hybridized carbons (Fsp3) is 0.240. The summed E-state index contributed by atoms with van der Waals surface area (Å²) in [5.74, 6) is -0.502. The summed E-state index contributed by atoms with van der Waals surface area (Å²) in [5, 5.41) is 14.9. The molecule has 1 aliphatic rings. The summed E-state index contributed by atoms with van der Waals surface area (Å²) in [6.45, 7) is 4.18. The van der Waals surface area contributed by atoms with E-state index in [4.69, 9.17) is 0 Å². The van der Waals surface area contributed by atoms with Crippen LogP contribution >= 0.6 is 0 Å². The van der Waals surface area contributed by atoms with Gasteiger partial charge in [-0.05, 0) is 48.9 Å². The maximum atomic E-state index is 13.1. The molecule has 0 aliphatic carbocycles. The fourth-order valence-corrected chi connectivity index (χ4v) is 4.00. The van der Waals surface area contributed by atoms with Gasteiger partial charge in [0, 0.05) is 49.5 Å². The number of nitrogens with zero attached hydrogens (tertiary/aromatic N) is 3. The molecule has 1 atom stereocenters. The number of nitrogens with one attached hydrogen (secondary N) is 1. The maximum absolute atomic E-state index is 13.1. The minimum Gasteiger partial charge on any atom is -0.373 e. The Balaban J connectivity index is 1.47. The normalized spacial score (nSPS) is 14.6. The Bertz CT molecular complexity index is 1130. The number of nitro groups is 1. The minimum absolute atomic E-state index is 0.0201. The van der Waals surface area contributed by atoms with Crippen LogP contribution < -0.4 is 10.2 Å². The van der Waals surface area contributed by atoms with Crippen LogP contribution in [0.2, 0.25) is 0 Å². The molecule has 0 aromatic heterocycles. The van der Waals surface area contributed by atoms with Crippen LogP contribution in [0.4, 0.5) is 21.5 Å². The number of benzene rings is 3. The zero-order valence-corrected chi connectivity index (χ0v) is 18.3. The fourth-order valence-electron chi connectivity index (χ4n) is 4.00. The number of nitro benzene ring substituents is 1. The predicted octanol–water partition coefficient (Wildman–Crippen LogP) is 4.87. The van der Waals surface area contributed by atoms with Crippen molar-refractivity contribution in [2.24, 2.45) is 0 Å². The molecule has 1 amide bonds. The first-order valence-electron chi connectivity index (χ1n) is 10.8. The highest BCUT2D eigenvalue weighted by atomic mass is 19.1. The molecule has 8 heteroatoms. The van der Waals surface area contributed by atoms with Gasteiger partial charge in [-0.25, -0.2) is 4.39 Å². The third-order valence-corrected chi connectivity index (χ3v) is 5.87. The van der Waals surface area contributed by atoms with E-state index < -0.39 is 0 Å². The van der Waals surface area contributed by atoms with Gasteiger partial charge in [-0.3, -0.25) is 14.9 Å². The van der Waals surface area contributed by atoms with E-state index >= 15 is 0 Å². The molecule has 7 nitrogen and oxygen atoms in total. The quantitative estimate of drug-likeness (QED) is 0.430. The van der Waals surface area contributed by atoms with Gasteiger partial charge in [-0.1, -0.05) is 30.3 Å². The van der Waals surface area contributed by atoms with Crippen molar-refractivity contribution in [3.8, 4) is 0 Å². The predicted molar refractivity (Wildman–Crippen MR) is 126 cm³/mol. The highest BCUT2D eigenvalue weighted by Crippen LogP contribution is 2.33. The minimum atomic E-state index is -0.386. The number of carbonyl (C=O) groups excluding carboxylic acids is 1. The van der Waals surface area contributed by atoms with Gasteiger partial charge < -0.3 is 15.1 Å². The van der Waals surface area contributed by atoms with Crippen molar-refractivity contribution < 1.29 is 14.1 Å². The summed E-state index contributed by atoms with van der Waals surface area (Å²) in [7, 11) is 0. The smallest absolute Gasteiger partial charge is 0.292 e. The molecule has 0 unspecified atom stereocenters. The number of amides is 1. The Morgan fingerprint density at radius 1 is 1.00 bits per heavy atom. The van der Waals surface area contributed by atoms with E-state index in [1.807, 2.05) is 37.3 Å². The highest BCUT2D eigenvalue weighted by Gasteiger charge is 2.24. The van der Waals surface area contributed by atoms with Crippen LogP contribution in [0.25, 0.3) is 0 Å². The van der Waals surface area contributed by atoms with Gasteiger partial charge in [-0.2, -0.15) is 0 Å². The molecule has 0 spiro atoms. The Labute approximate surface area is 191 Å². The average Bonchev–Trinajstić information content (AvgIpc) is 2.84. The van der Waals surface area contributed by atoms with Crippen LogP contribution in [-0.2, 0) is 0 Å². The lowest BCUT2D eigenvalue weighted by atomic mass is 10.1. The van der Waals surface area contributed by atoms with Gasteiger partial charge in [0.15, 0.2) is 0 Å². The third kappa shape index (κ3) is 5.11. The SMILES string of the molecule is C[C@H](Nc1cc(N2CCN(C(=O)c3ccc(F)cc3)CC2)ccc1[N+](=O)[O-])c1ccccc1. The van der Waals surface area contributed by atoms with E-state index in [1.54, 1.807) is 17.0 Å². The van der Waals surface area contributed by atoms with E-state index in [-0.39, 0.29) is 28.4 Å². The standard InChI is InChI=1S/C25H25FN4O3/c1-18(19-5-3-2-4-6-19)27-23-17-22(11-12-24(23)30(32)33)28-13-15-29(16-14-28)25(31)20-7-9-21(26)10-8-20/h2-12,17-18,27H,13-16H2,1H3/t18-/m0/s1. The van der Waals surface area contributed by atoms with Crippen molar-refractivity contribution in [1.82, 2.24) is 4.90 Å². The van der Waals surface area contributed by atoms with E-state index in [9.17, 15) is 19.3 Å². The number of halogens is 1. The van der Waals surface area contributed by atoms with Crippen molar-refractivity contribution >= 4 is 23.0 Å². The number of piperazine rings is 1. The molecule has 0 bridgehead atoms. The molecule has 33 heavy (non-hydrogen) atoms. The van der Waals surface area contributed by atoms with Gasteiger partial charge in [0.05, 0.1) is 4.92 Å². The number of anilines is 2. The van der Waals surface area contributed by atoms with Gasteiger partial charge in [0.25, 0.3) is 11.6 Å². The van der Waals surface area contributed by atoms with Crippen molar-refractivity contribution in [2.45, 2.75) is 13.0 Å². The molecule has 1 heterocycles. The first-order chi connectivity index (χ1) is 15.9. The second kappa shape index (κ2) is 9.68. The van der Waals surface area contributed by atoms with E-state index in [0.717, 1.165) is 11.3 Å². The molecule has 3 aromatic rings. The van der Waals surface area contributed by atoms with Crippen LogP contribution in [0.15, 0.2) is 72.8 Å². The van der Waals surface area contributed by atoms with Crippen LogP contribution in [0, 0.1) is 15.9 Å². The lowest BCUT2D eigenvalue weighted by molar-refractivity contribution is -0.384. The van der Waals surface area contributed by atoms with Crippen LogP contribution in [0.1, 0.15) is 28.9 Å². The third-order valence-electron chi connectivity index (χ3n) is 5.87. The molecular formula is C25H25FN4O3. The second-order valence-electron chi connectivity index (χ2n) is 8.02. The average molecular weight is 448 g/mol. The first-order valence-corrected chi connectivity index (χ1v) is 10.8. The molecular weight excluding hydrogens is 423 g/mol. The van der Waals surface area contributed by atoms with Crippen LogP contribution in [0.5, 0.6) is 0 Å². The molecule has 0 saturated carbocycles. The molecule has 1 aliphatic heterocycles. The summed E-state index contributed by atoms with van der Waals surface area (Å²) >= 11 is 0. The molecule has 4 rings (SSSR count). The van der Waals surface area contributed by atoms with Gasteiger partial charge in [0.2, 0.25) is 0 Å². The number of carbonyl (C=O) groups is 1. The van der Waals surface area contributed by atoms with Gasteiger partial charge >= 0.3 is 0 Å². The largest absolute Gasteiger partial charge is 0.373 e. The lowest BCUT2D eigenvalue weighted by Gasteiger charge is -2.36. The maximum Gasteiger partial charge on any atom is 0.292 e. The van der Waals surface area contributed by atoms with E-state index in [0.29, 0.717) is 37.4 Å². The Morgan fingerprint density at radius 2 is 1.67 bits per heavy atom. The molecule has 170 valence electrons. The van der Waals surface area contributed by atoms with Crippen molar-refractivity contribution in [3.63, 3.8) is 0 Å². The van der Waals surface area contributed by atoms with Gasteiger partial charge in [0.1, 0.15) is 11.5 Å². The monoisotopic (exact) mass is 448 g/mol. The van der Waals surface area contributed by atoms with Crippen molar-refractivity contribution in [3.05, 3.63) is 99.9 Å². The van der Waals surface area contributed by atoms with Crippen LogP contribution in [-0.4, -0.2) is 41.9 Å². The lowest BCUT2D eigenvalue weighted by Crippen LogP contribution is -2.48. The van der Waals surface area contributed by atoms with E-state index in [1.165, 1.54) is 30.3 Å². The Morgan fingerprint density at radius 3 is 2.30 bits per heavy atom. The van der Waals surface area contributed by atoms with Crippen molar-refractivity contribution in [2.75, 3.05) is 36.4 Å². The van der Waals surface area contributed by atoms with E-state index in [2.05, 4.69) is 10.2 Å². The van der Waals surface area contributed by atoms with Gasteiger partial charge in [-0.15, -0.1) is 0 Å². The number of rotatable bonds is 6. The summed E-state index contributed by atoms with van der Waals surface area (Å²) < 4.78 is 13.1. The molecule has 1 fully saturated rings. The van der Waals surface area contributed by atoms with Crippen molar-refractivity contribution in [1.29, 1.82) is 0 Å². The Kier molecular flexibility index (Phi) is 6.53. The molecule has 0 radical (unpaired) electrons. The first kappa shape index (κ1) is 22.3. The highest BCUT2D eigenvalue weighted by molar-refractivity contribution is 5.94. The molecule has 1 saturated heterocycles. The zero-order valence-electron chi connectivity index (χ0n) is 18.3. The zero-order chi connectivity index (χ0) is 23.4. The summed E-state index contributed by atoms with van der Waals surface area (Å²) in [6.07, 6.45) is 0. The second-order valence-corrected chi connectivity index (χ2v) is 8.02. The molecule has 3 aromatic carbocycles. The number of hydrogen-bond acceptors (Lipinski definition) is 5. The molecule has 1 N–H and O–H groups in total. The topological polar surface area (TPSA) is 78.7 Å². The summed E-state index contributed by atoms with van der Waals surface area (Å²) in [4.78, 5) is 27.7. The summed E-state index contributed by atoms with van der Waals surface area (Å²) in [5.41, 5.74) is 2.83.